The van der Waals surface area contributed by atoms with E-state index in [0.29, 0.717) is 31.0 Å². The molecular formula is C18H20N2O4. The summed E-state index contributed by atoms with van der Waals surface area (Å²) in [7, 11) is 0. The Morgan fingerprint density at radius 2 is 2.08 bits per heavy atom. The van der Waals surface area contributed by atoms with Crippen molar-refractivity contribution in [3.05, 3.63) is 42.4 Å². The topological polar surface area (TPSA) is 83.6 Å². The largest absolute Gasteiger partial charge is 0.481 e. The van der Waals surface area contributed by atoms with Crippen LogP contribution >= 0.6 is 0 Å². The maximum atomic E-state index is 12.3. The van der Waals surface area contributed by atoms with E-state index < -0.39 is 11.4 Å². The Bertz CT molecular complexity index is 740. The highest BCUT2D eigenvalue weighted by Gasteiger charge is 2.41. The monoisotopic (exact) mass is 328 g/mol. The molecule has 1 aromatic heterocycles. The number of aliphatic carboxylic acids is 1. The summed E-state index contributed by atoms with van der Waals surface area (Å²) in [5.41, 5.74) is 0.110. The summed E-state index contributed by atoms with van der Waals surface area (Å²) in [6.07, 6.45) is 2.83. The first kappa shape index (κ1) is 16.2. The van der Waals surface area contributed by atoms with Gasteiger partial charge in [0.2, 0.25) is 5.91 Å². The highest BCUT2D eigenvalue weighted by atomic mass is 16.4. The van der Waals surface area contributed by atoms with Crippen molar-refractivity contribution in [2.75, 3.05) is 13.1 Å². The van der Waals surface area contributed by atoms with Crippen LogP contribution in [0.15, 0.2) is 40.9 Å². The van der Waals surface area contributed by atoms with Crippen LogP contribution in [-0.2, 0) is 16.0 Å². The molecule has 24 heavy (non-hydrogen) atoms. The van der Waals surface area contributed by atoms with Crippen LogP contribution in [0, 0.1) is 5.41 Å². The number of aromatic nitrogens is 1. The van der Waals surface area contributed by atoms with Gasteiger partial charge in [-0.2, -0.15) is 0 Å². The normalized spacial score (nSPS) is 20.3. The fourth-order valence-corrected chi connectivity index (χ4v) is 2.88. The summed E-state index contributed by atoms with van der Waals surface area (Å²) in [5.74, 6) is 0.289. The number of nitrogens with zero attached hydrogens (tertiary/aromatic N) is 2. The lowest BCUT2D eigenvalue weighted by Gasteiger charge is -2.19. The van der Waals surface area contributed by atoms with Gasteiger partial charge in [-0.3, -0.25) is 9.59 Å². The first-order chi connectivity index (χ1) is 11.5. The number of carboxylic acid groups (broad SMARTS) is 1. The smallest absolute Gasteiger partial charge is 0.311 e. The first-order valence-corrected chi connectivity index (χ1v) is 7.99. The molecule has 6 nitrogen and oxygen atoms in total. The second-order valence-electron chi connectivity index (χ2n) is 6.42. The van der Waals surface area contributed by atoms with Gasteiger partial charge in [-0.05, 0) is 13.3 Å². The average molecular weight is 328 g/mol. The molecule has 1 fully saturated rings. The van der Waals surface area contributed by atoms with Crippen molar-refractivity contribution in [1.29, 1.82) is 0 Å². The second kappa shape index (κ2) is 6.47. The van der Waals surface area contributed by atoms with Gasteiger partial charge in [0, 0.05) is 31.5 Å². The van der Waals surface area contributed by atoms with Gasteiger partial charge in [0.15, 0.2) is 11.7 Å². The van der Waals surface area contributed by atoms with Crippen LogP contribution in [0.2, 0.25) is 0 Å². The zero-order chi connectivity index (χ0) is 17.2. The molecule has 2 heterocycles. The van der Waals surface area contributed by atoms with Crippen molar-refractivity contribution in [2.45, 2.75) is 26.2 Å². The summed E-state index contributed by atoms with van der Waals surface area (Å²) >= 11 is 0. The lowest BCUT2D eigenvalue weighted by Crippen LogP contribution is -2.34. The lowest BCUT2D eigenvalue weighted by molar-refractivity contribution is -0.147. The Labute approximate surface area is 140 Å². The van der Waals surface area contributed by atoms with Crippen LogP contribution in [0.4, 0.5) is 0 Å². The number of aryl methyl sites for hydroxylation is 1. The number of likely N-dealkylation sites (tertiary alicyclic amines) is 1. The van der Waals surface area contributed by atoms with Crippen LogP contribution in [0.3, 0.4) is 0 Å². The van der Waals surface area contributed by atoms with Gasteiger partial charge in [-0.15, -0.1) is 0 Å². The highest BCUT2D eigenvalue weighted by Crippen LogP contribution is 2.30. The SMILES string of the molecule is C[C@@]1(C(=O)O)CCN(C(=O)CCc2ncc(-c3ccccc3)o2)C1. The van der Waals surface area contributed by atoms with Gasteiger partial charge < -0.3 is 14.4 Å². The number of carboxylic acids is 1. The van der Waals surface area contributed by atoms with E-state index in [0.717, 1.165) is 5.56 Å². The molecule has 2 aromatic rings. The van der Waals surface area contributed by atoms with Crippen LogP contribution in [0.5, 0.6) is 0 Å². The second-order valence-corrected chi connectivity index (χ2v) is 6.42. The number of oxazole rings is 1. The van der Waals surface area contributed by atoms with Crippen LogP contribution in [-0.4, -0.2) is 40.0 Å². The van der Waals surface area contributed by atoms with Gasteiger partial charge in [-0.1, -0.05) is 30.3 Å². The van der Waals surface area contributed by atoms with Crippen molar-refractivity contribution in [2.24, 2.45) is 5.41 Å². The molecule has 0 unspecified atom stereocenters. The standard InChI is InChI=1S/C18H20N2O4/c1-18(17(22)23)9-10-20(12-18)16(21)8-7-15-19-11-14(24-15)13-5-3-2-4-6-13/h2-6,11H,7-10,12H2,1H3,(H,22,23)/t18-/m1/s1. The summed E-state index contributed by atoms with van der Waals surface area (Å²) in [5, 5.41) is 9.23. The Morgan fingerprint density at radius 1 is 1.33 bits per heavy atom. The van der Waals surface area contributed by atoms with E-state index in [9.17, 15) is 14.7 Å². The molecular weight excluding hydrogens is 308 g/mol. The molecule has 126 valence electrons. The predicted octanol–water partition coefficient (Wildman–Crippen LogP) is 2.60. The number of carbonyl (C=O) groups excluding carboxylic acids is 1. The summed E-state index contributed by atoms with van der Waals surface area (Å²) in [6, 6.07) is 9.65. The number of carbonyl (C=O) groups is 2. The molecule has 3 rings (SSSR count). The Hall–Kier alpha value is -2.63. The maximum Gasteiger partial charge on any atom is 0.311 e. The van der Waals surface area contributed by atoms with Gasteiger partial charge in [0.05, 0.1) is 11.6 Å². The van der Waals surface area contributed by atoms with Crippen molar-refractivity contribution in [3.8, 4) is 11.3 Å². The number of hydrogen-bond acceptors (Lipinski definition) is 4. The third-order valence-corrected chi connectivity index (χ3v) is 4.51. The number of hydrogen-bond donors (Lipinski definition) is 1. The zero-order valence-electron chi connectivity index (χ0n) is 13.6. The summed E-state index contributed by atoms with van der Waals surface area (Å²) in [4.78, 5) is 29.4. The molecule has 0 saturated carbocycles. The molecule has 6 heteroatoms. The molecule has 1 amide bonds. The molecule has 1 N–H and O–H groups in total. The highest BCUT2D eigenvalue weighted by molar-refractivity contribution is 5.80. The molecule has 0 aliphatic carbocycles. The van der Waals surface area contributed by atoms with E-state index in [1.807, 2.05) is 30.3 Å². The van der Waals surface area contributed by atoms with Crippen LogP contribution in [0.1, 0.15) is 25.7 Å². The number of amides is 1. The molecule has 1 aromatic carbocycles. The van der Waals surface area contributed by atoms with Crippen molar-refractivity contribution in [3.63, 3.8) is 0 Å². The molecule has 1 aliphatic rings. The van der Waals surface area contributed by atoms with Gasteiger partial charge in [-0.25, -0.2) is 4.98 Å². The van der Waals surface area contributed by atoms with E-state index in [4.69, 9.17) is 4.42 Å². The minimum absolute atomic E-state index is 0.0561. The quantitative estimate of drug-likeness (QED) is 0.912. The van der Waals surface area contributed by atoms with E-state index in [2.05, 4.69) is 4.98 Å². The van der Waals surface area contributed by atoms with Crippen molar-refractivity contribution < 1.29 is 19.1 Å². The van der Waals surface area contributed by atoms with Gasteiger partial charge >= 0.3 is 5.97 Å². The maximum absolute atomic E-state index is 12.3. The Balaban J connectivity index is 1.56. The third-order valence-electron chi connectivity index (χ3n) is 4.51. The molecule has 1 saturated heterocycles. The molecule has 1 atom stereocenters. The fourth-order valence-electron chi connectivity index (χ4n) is 2.88. The molecule has 0 spiro atoms. The zero-order valence-corrected chi connectivity index (χ0v) is 13.6. The molecule has 0 bridgehead atoms. The van der Waals surface area contributed by atoms with E-state index in [1.54, 1.807) is 18.0 Å². The predicted molar refractivity (Wildman–Crippen MR) is 87.2 cm³/mol. The van der Waals surface area contributed by atoms with Crippen molar-refractivity contribution in [1.82, 2.24) is 9.88 Å². The van der Waals surface area contributed by atoms with E-state index >= 15 is 0 Å². The minimum Gasteiger partial charge on any atom is -0.481 e. The Kier molecular flexibility index (Phi) is 4.38. The summed E-state index contributed by atoms with van der Waals surface area (Å²) < 4.78 is 5.69. The average Bonchev–Trinajstić information content (AvgIpc) is 3.21. The van der Waals surface area contributed by atoms with Crippen LogP contribution < -0.4 is 0 Å². The lowest BCUT2D eigenvalue weighted by atomic mass is 9.90. The third kappa shape index (κ3) is 3.32. The Morgan fingerprint density at radius 3 is 2.75 bits per heavy atom. The van der Waals surface area contributed by atoms with E-state index in [-0.39, 0.29) is 18.9 Å². The van der Waals surface area contributed by atoms with Crippen LogP contribution in [0.25, 0.3) is 11.3 Å². The van der Waals surface area contributed by atoms with Gasteiger partial charge in [0.1, 0.15) is 0 Å². The number of rotatable bonds is 5. The first-order valence-electron chi connectivity index (χ1n) is 7.99. The molecule has 1 aliphatic heterocycles. The van der Waals surface area contributed by atoms with Gasteiger partial charge in [0.25, 0.3) is 0 Å². The molecule has 0 radical (unpaired) electrons. The minimum atomic E-state index is -0.849. The fraction of sp³-hybridized carbons (Fsp3) is 0.389. The van der Waals surface area contributed by atoms with E-state index in [1.165, 1.54) is 0 Å². The number of benzene rings is 1. The summed E-state index contributed by atoms with van der Waals surface area (Å²) in [6.45, 7) is 2.44. The van der Waals surface area contributed by atoms with Crippen molar-refractivity contribution >= 4 is 11.9 Å².